The largest absolute Gasteiger partial charge is 0.479 e. The van der Waals surface area contributed by atoms with Crippen molar-refractivity contribution in [2.75, 3.05) is 48.6 Å². The minimum absolute atomic E-state index is 0.0720. The summed E-state index contributed by atoms with van der Waals surface area (Å²) in [5.74, 6) is -9.82. The van der Waals surface area contributed by atoms with Crippen LogP contribution in [-0.4, -0.2) is 168 Å². The van der Waals surface area contributed by atoms with Crippen molar-refractivity contribution < 1.29 is 78.2 Å². The number of carboxylic acids is 2. The number of rotatable bonds is 12. The summed E-state index contributed by atoms with van der Waals surface area (Å²) >= 11 is 0. The van der Waals surface area contributed by atoms with Gasteiger partial charge < -0.3 is 64.0 Å². The molecule has 296 valence electrons. The number of fused-ring (bicyclic) bond motifs is 2. The lowest BCUT2D eigenvalue weighted by Crippen LogP contribution is -2.81. The van der Waals surface area contributed by atoms with E-state index >= 15 is 0 Å². The standard InChI is InChI=1S/C37H47NO16/c1-38-14-34(15-49-2)19(39)12-20(50-3)36-18-13-35(48)29(53-33(47)16-9-7-6-8-10-16)22(18)37(28(42)30(35)52-5,23(27(36)38)25(51-4)26(34)36)54-21(40)11-17(31(43)44)24(41)32(45)46/h6-11,18-20,22-30,39,41-42,48H,12-15H2,1-5H3,(H,43,44)(H,45,46)/b17-11+/t18-,19-,20+,22-,23+,24-,25+,26-,27?,28+,29-,30+,34+,35-,36+,37-/m1/s1. The molecule has 5 aliphatic carbocycles. The number of aliphatic hydroxyl groups excluding tert-OH is 3. The number of ether oxygens (including phenoxy) is 6. The highest BCUT2D eigenvalue weighted by Gasteiger charge is 2.92. The lowest BCUT2D eigenvalue weighted by molar-refractivity contribution is -0.320. The highest BCUT2D eigenvalue weighted by atomic mass is 16.6. The summed E-state index contributed by atoms with van der Waals surface area (Å²) in [4.78, 5) is 53.8. The molecular formula is C37H47NO16. The van der Waals surface area contributed by atoms with Gasteiger partial charge in [-0.05, 0) is 31.5 Å². The van der Waals surface area contributed by atoms with E-state index in [-0.39, 0.29) is 31.6 Å². The summed E-state index contributed by atoms with van der Waals surface area (Å²) in [5.41, 5.74) is -7.39. The molecule has 7 bridgehead atoms. The van der Waals surface area contributed by atoms with Gasteiger partial charge in [0.25, 0.3) is 0 Å². The van der Waals surface area contributed by atoms with E-state index in [2.05, 4.69) is 0 Å². The number of hydrogen-bond donors (Lipinski definition) is 6. The van der Waals surface area contributed by atoms with Crippen LogP contribution in [0.25, 0.3) is 0 Å². The summed E-state index contributed by atoms with van der Waals surface area (Å²) in [6.07, 6.45) is -9.85. The third-order valence-electron chi connectivity index (χ3n) is 13.9. The maximum atomic E-state index is 14.2. The van der Waals surface area contributed by atoms with E-state index in [1.807, 2.05) is 11.9 Å². The van der Waals surface area contributed by atoms with Crippen LogP contribution in [0.1, 0.15) is 23.2 Å². The molecule has 1 spiro atoms. The number of carbonyl (C=O) groups is 4. The highest BCUT2D eigenvalue weighted by Crippen LogP contribution is 2.80. The zero-order chi connectivity index (χ0) is 39.3. The molecule has 0 radical (unpaired) electrons. The van der Waals surface area contributed by atoms with Crippen LogP contribution >= 0.6 is 0 Å². The number of carboxylic acid groups (broad SMARTS) is 2. The number of likely N-dealkylation sites (tertiary alicyclic amines) is 1. The monoisotopic (exact) mass is 761 g/mol. The van der Waals surface area contributed by atoms with E-state index < -0.39 is 124 Å². The van der Waals surface area contributed by atoms with E-state index in [1.165, 1.54) is 40.6 Å². The van der Waals surface area contributed by atoms with Crippen LogP contribution in [0.15, 0.2) is 42.0 Å². The number of aliphatic hydroxyl groups is 4. The van der Waals surface area contributed by atoms with E-state index in [9.17, 15) is 49.8 Å². The van der Waals surface area contributed by atoms with E-state index in [0.717, 1.165) is 0 Å². The van der Waals surface area contributed by atoms with Gasteiger partial charge in [0.1, 0.15) is 23.9 Å². The van der Waals surface area contributed by atoms with Crippen molar-refractivity contribution in [1.29, 1.82) is 0 Å². The van der Waals surface area contributed by atoms with Gasteiger partial charge in [-0.3, -0.25) is 0 Å². The molecule has 17 nitrogen and oxygen atoms in total. The Kier molecular flexibility index (Phi) is 9.55. The van der Waals surface area contributed by atoms with E-state index in [1.54, 1.807) is 18.2 Å². The minimum Gasteiger partial charge on any atom is -0.479 e. The average molecular weight is 762 g/mol. The maximum Gasteiger partial charge on any atom is 0.338 e. The Balaban J connectivity index is 1.52. The lowest BCUT2D eigenvalue weighted by atomic mass is 9.42. The summed E-state index contributed by atoms with van der Waals surface area (Å²) in [6, 6.07) is 7.35. The van der Waals surface area contributed by atoms with Crippen molar-refractivity contribution in [1.82, 2.24) is 4.90 Å². The Morgan fingerprint density at radius 1 is 0.981 bits per heavy atom. The minimum atomic E-state index is -2.62. The zero-order valence-corrected chi connectivity index (χ0v) is 30.4. The number of piperidine rings is 1. The van der Waals surface area contributed by atoms with Crippen LogP contribution in [0.2, 0.25) is 0 Å². The van der Waals surface area contributed by atoms with Crippen molar-refractivity contribution in [3.8, 4) is 0 Å². The van der Waals surface area contributed by atoms with Gasteiger partial charge >= 0.3 is 23.9 Å². The first-order valence-electron chi connectivity index (χ1n) is 17.8. The molecule has 1 unspecified atom stereocenters. The van der Waals surface area contributed by atoms with Crippen molar-refractivity contribution >= 4 is 23.9 Å². The van der Waals surface area contributed by atoms with Gasteiger partial charge in [0.05, 0.1) is 36.1 Å². The number of esters is 2. The fraction of sp³-hybridized carbons (Fsp3) is 0.676. The lowest BCUT2D eigenvalue weighted by Gasteiger charge is -2.70. The molecule has 6 aliphatic rings. The van der Waals surface area contributed by atoms with E-state index in [0.29, 0.717) is 6.08 Å². The molecule has 5 saturated carbocycles. The predicted octanol–water partition coefficient (Wildman–Crippen LogP) is -1.31. The first-order valence-corrected chi connectivity index (χ1v) is 17.8. The Morgan fingerprint density at radius 2 is 1.67 bits per heavy atom. The zero-order valence-electron chi connectivity index (χ0n) is 30.4. The number of carbonyl (C=O) groups excluding carboxylic acids is 2. The van der Waals surface area contributed by atoms with Crippen LogP contribution in [0.4, 0.5) is 0 Å². The van der Waals surface area contributed by atoms with Gasteiger partial charge in [-0.2, -0.15) is 0 Å². The van der Waals surface area contributed by atoms with Crippen LogP contribution in [0.5, 0.6) is 0 Å². The van der Waals surface area contributed by atoms with Crippen LogP contribution in [0.3, 0.4) is 0 Å². The number of methoxy groups -OCH3 is 4. The first-order chi connectivity index (χ1) is 25.6. The normalized spacial score (nSPS) is 45.1. The molecular weight excluding hydrogens is 714 g/mol. The molecule has 0 amide bonds. The second kappa shape index (κ2) is 13.3. The summed E-state index contributed by atoms with van der Waals surface area (Å²) in [5, 5.41) is 67.0. The molecule has 16 atom stereocenters. The number of nitrogens with zero attached hydrogens (tertiary/aromatic N) is 1. The highest BCUT2D eigenvalue weighted by molar-refractivity contribution is 6.01. The molecule has 7 rings (SSSR count). The van der Waals surface area contributed by atoms with Gasteiger partial charge in [-0.25, -0.2) is 19.2 Å². The Hall–Kier alpha value is -3.52. The smallest absolute Gasteiger partial charge is 0.338 e. The molecule has 6 fully saturated rings. The van der Waals surface area contributed by atoms with Crippen LogP contribution < -0.4 is 0 Å². The fourth-order valence-electron chi connectivity index (χ4n) is 12.7. The SMILES string of the molecule is COC[C@]12CN(C)C3[C@@H]4[C@H](OC)[C@H]1[C@@]3([C@@H](OC)C[C@H]2O)[C@@H]1C[C@@]2(O)[C@H](OC(=O)c3ccccc3)[C@@H]1[C@]4(OC(=O)/C=C(/C(=O)O)[C@@H](O)C(=O)O)[C@@H](O)[C@@H]2OC. The molecule has 6 N–H and O–H groups in total. The predicted molar refractivity (Wildman–Crippen MR) is 180 cm³/mol. The van der Waals surface area contributed by atoms with Crippen molar-refractivity contribution in [2.24, 2.45) is 34.5 Å². The van der Waals surface area contributed by atoms with Gasteiger partial charge in [-0.15, -0.1) is 0 Å². The molecule has 1 aromatic carbocycles. The summed E-state index contributed by atoms with van der Waals surface area (Å²) in [7, 11) is 7.54. The molecule has 1 saturated heterocycles. The molecule has 1 heterocycles. The second-order valence-corrected chi connectivity index (χ2v) is 15.7. The van der Waals surface area contributed by atoms with Gasteiger partial charge in [0.15, 0.2) is 11.7 Å². The molecule has 1 aliphatic heterocycles. The molecule has 54 heavy (non-hydrogen) atoms. The van der Waals surface area contributed by atoms with E-state index in [4.69, 9.17) is 28.4 Å². The molecule has 0 aromatic heterocycles. The van der Waals surface area contributed by atoms with Crippen molar-refractivity contribution in [2.45, 2.75) is 72.8 Å². The topological polar surface area (TPSA) is 248 Å². The maximum absolute atomic E-state index is 14.2. The third kappa shape index (κ3) is 4.76. The van der Waals surface area contributed by atoms with Crippen LogP contribution in [-0.2, 0) is 42.8 Å². The summed E-state index contributed by atoms with van der Waals surface area (Å²) in [6.45, 7) is 0.351. The number of benzene rings is 1. The molecule has 17 heteroatoms. The molecule has 1 aromatic rings. The average Bonchev–Trinajstić information content (AvgIpc) is 3.53. The summed E-state index contributed by atoms with van der Waals surface area (Å²) < 4.78 is 37.0. The van der Waals surface area contributed by atoms with Gasteiger partial charge in [0.2, 0.25) is 0 Å². The van der Waals surface area contributed by atoms with Crippen LogP contribution in [0, 0.1) is 34.5 Å². The van der Waals surface area contributed by atoms with Gasteiger partial charge in [-0.1, -0.05) is 18.2 Å². The van der Waals surface area contributed by atoms with Crippen molar-refractivity contribution in [3.63, 3.8) is 0 Å². The fourth-order valence-corrected chi connectivity index (χ4v) is 12.7. The quantitative estimate of drug-likeness (QED) is 0.107. The Morgan fingerprint density at radius 3 is 2.24 bits per heavy atom. The first kappa shape index (κ1) is 38.7. The van der Waals surface area contributed by atoms with Crippen molar-refractivity contribution in [3.05, 3.63) is 47.5 Å². The Labute approximate surface area is 310 Å². The second-order valence-electron chi connectivity index (χ2n) is 15.7. The van der Waals surface area contributed by atoms with Gasteiger partial charge in [0, 0.05) is 82.1 Å². The Bertz CT molecular complexity index is 1720. The third-order valence-corrected chi connectivity index (χ3v) is 13.9. The number of hydrogen-bond acceptors (Lipinski definition) is 15. The number of aliphatic carboxylic acids is 2.